The number of hydrogen-bond acceptors (Lipinski definition) is 3. The van der Waals surface area contributed by atoms with Gasteiger partial charge in [0.1, 0.15) is 4.47 Å². The van der Waals surface area contributed by atoms with E-state index in [1.54, 1.807) is 12.1 Å². The third-order valence-corrected chi connectivity index (χ3v) is 4.81. The minimum atomic E-state index is -0.413. The maximum atomic E-state index is 10.9. The van der Waals surface area contributed by atoms with Crippen LogP contribution in [0.25, 0.3) is 0 Å². The van der Waals surface area contributed by atoms with Crippen molar-refractivity contribution >= 4 is 54.8 Å². The normalized spacial score (nSPS) is 10.3. The van der Waals surface area contributed by atoms with Crippen LogP contribution in [0, 0.1) is 10.1 Å². The first-order chi connectivity index (χ1) is 9.49. The number of anilines is 1. The molecule has 0 aromatic heterocycles. The van der Waals surface area contributed by atoms with Gasteiger partial charge >= 0.3 is 0 Å². The molecule has 1 N–H and O–H groups in total. The first-order valence-corrected chi connectivity index (χ1v) is 7.56. The van der Waals surface area contributed by atoms with E-state index >= 15 is 0 Å². The number of hydrogen-bond donors (Lipinski definition) is 1. The van der Waals surface area contributed by atoms with Crippen molar-refractivity contribution in [2.75, 3.05) is 5.32 Å². The minimum absolute atomic E-state index is 0.0538. The SMILES string of the molecule is O=[N+]([O-])c1cccc(CNc2ccc(Br)c(Cl)c2)c1Br. The van der Waals surface area contributed by atoms with Gasteiger partial charge < -0.3 is 5.32 Å². The van der Waals surface area contributed by atoms with Gasteiger partial charge in [-0.3, -0.25) is 10.1 Å². The van der Waals surface area contributed by atoms with E-state index in [0.717, 1.165) is 15.7 Å². The molecule has 4 nitrogen and oxygen atoms in total. The van der Waals surface area contributed by atoms with Gasteiger partial charge in [0, 0.05) is 22.8 Å². The first kappa shape index (κ1) is 15.3. The number of nitrogens with zero attached hydrogens (tertiary/aromatic N) is 1. The molecule has 0 atom stereocenters. The van der Waals surface area contributed by atoms with Crippen molar-refractivity contribution in [3.63, 3.8) is 0 Å². The van der Waals surface area contributed by atoms with Gasteiger partial charge in [-0.25, -0.2) is 0 Å². The second-order valence-corrected chi connectivity index (χ2v) is 6.04. The lowest BCUT2D eigenvalue weighted by molar-refractivity contribution is -0.385. The van der Waals surface area contributed by atoms with Crippen molar-refractivity contribution in [1.82, 2.24) is 0 Å². The Labute approximate surface area is 137 Å². The fourth-order valence-corrected chi connectivity index (χ4v) is 2.62. The molecule has 0 saturated carbocycles. The number of rotatable bonds is 4. The number of nitro benzene ring substituents is 1. The van der Waals surface area contributed by atoms with Gasteiger partial charge in [0.05, 0.1) is 9.95 Å². The summed E-state index contributed by atoms with van der Waals surface area (Å²) < 4.78 is 1.31. The molecule has 0 heterocycles. The monoisotopic (exact) mass is 418 g/mol. The summed E-state index contributed by atoms with van der Waals surface area (Å²) in [4.78, 5) is 10.5. The van der Waals surface area contributed by atoms with E-state index in [1.807, 2.05) is 18.2 Å². The lowest BCUT2D eigenvalue weighted by Crippen LogP contribution is -2.01. The maximum Gasteiger partial charge on any atom is 0.283 e. The summed E-state index contributed by atoms with van der Waals surface area (Å²) in [7, 11) is 0. The molecule has 0 radical (unpaired) electrons. The third-order valence-electron chi connectivity index (χ3n) is 2.66. The predicted octanol–water partition coefficient (Wildman–Crippen LogP) is 5.39. The molecule has 7 heteroatoms. The Balaban J connectivity index is 2.17. The van der Waals surface area contributed by atoms with Crippen LogP contribution in [-0.2, 0) is 6.54 Å². The molecule has 0 fully saturated rings. The van der Waals surface area contributed by atoms with Gasteiger partial charge in [-0.05, 0) is 55.6 Å². The summed E-state index contributed by atoms with van der Waals surface area (Å²) in [6, 6.07) is 10.5. The van der Waals surface area contributed by atoms with Crippen LogP contribution in [0.5, 0.6) is 0 Å². The molecule has 0 amide bonds. The molecular formula is C13H9Br2ClN2O2. The highest BCUT2D eigenvalue weighted by Crippen LogP contribution is 2.30. The lowest BCUT2D eigenvalue weighted by atomic mass is 10.2. The second-order valence-electron chi connectivity index (χ2n) is 3.99. The molecule has 0 spiro atoms. The Hall–Kier alpha value is -1.11. The number of nitrogens with one attached hydrogen (secondary N) is 1. The molecule has 0 saturated heterocycles. The summed E-state index contributed by atoms with van der Waals surface area (Å²) in [5, 5.41) is 14.6. The van der Waals surface area contributed by atoms with Crippen LogP contribution in [0.1, 0.15) is 5.56 Å². The Morgan fingerprint density at radius 3 is 2.65 bits per heavy atom. The van der Waals surface area contributed by atoms with Gasteiger partial charge in [0.2, 0.25) is 0 Å². The van der Waals surface area contributed by atoms with Crippen LogP contribution < -0.4 is 5.32 Å². The molecule has 0 bridgehead atoms. The van der Waals surface area contributed by atoms with E-state index in [1.165, 1.54) is 6.07 Å². The molecule has 2 aromatic rings. The smallest absolute Gasteiger partial charge is 0.283 e. The standard InChI is InChI=1S/C13H9Br2ClN2O2/c14-10-5-4-9(6-11(10)16)17-7-8-2-1-3-12(13(8)15)18(19)20/h1-6,17H,7H2. The van der Waals surface area contributed by atoms with Gasteiger partial charge in [-0.2, -0.15) is 0 Å². The molecule has 0 aliphatic heterocycles. The van der Waals surface area contributed by atoms with Gasteiger partial charge in [-0.1, -0.05) is 23.7 Å². The number of nitro groups is 1. The number of benzene rings is 2. The topological polar surface area (TPSA) is 55.2 Å². The highest BCUT2D eigenvalue weighted by atomic mass is 79.9. The summed E-state index contributed by atoms with van der Waals surface area (Å²) in [5.74, 6) is 0. The van der Waals surface area contributed by atoms with Crippen LogP contribution in [0.4, 0.5) is 11.4 Å². The van der Waals surface area contributed by atoms with Crippen molar-refractivity contribution < 1.29 is 4.92 Å². The van der Waals surface area contributed by atoms with Crippen molar-refractivity contribution in [1.29, 1.82) is 0 Å². The largest absolute Gasteiger partial charge is 0.381 e. The summed E-state index contributed by atoms with van der Waals surface area (Å²) in [5.41, 5.74) is 1.70. The molecule has 20 heavy (non-hydrogen) atoms. The van der Waals surface area contributed by atoms with Gasteiger partial charge in [0.15, 0.2) is 0 Å². The van der Waals surface area contributed by atoms with E-state index in [-0.39, 0.29) is 5.69 Å². The van der Waals surface area contributed by atoms with Crippen LogP contribution in [-0.4, -0.2) is 4.92 Å². The van der Waals surface area contributed by atoms with Crippen LogP contribution in [0.15, 0.2) is 45.3 Å². The average Bonchev–Trinajstić information content (AvgIpc) is 2.41. The molecule has 0 aliphatic carbocycles. The fourth-order valence-electron chi connectivity index (χ4n) is 1.65. The van der Waals surface area contributed by atoms with Crippen molar-refractivity contribution in [2.24, 2.45) is 0 Å². The van der Waals surface area contributed by atoms with Gasteiger partial charge in [-0.15, -0.1) is 0 Å². The zero-order valence-electron chi connectivity index (χ0n) is 10.1. The summed E-state index contributed by atoms with van der Waals surface area (Å²) in [6.07, 6.45) is 0. The highest BCUT2D eigenvalue weighted by molar-refractivity contribution is 9.11. The molecule has 2 rings (SSSR count). The van der Waals surface area contributed by atoms with Crippen LogP contribution >= 0.6 is 43.5 Å². The minimum Gasteiger partial charge on any atom is -0.381 e. The summed E-state index contributed by atoms with van der Waals surface area (Å²) in [6.45, 7) is 0.459. The predicted molar refractivity (Wildman–Crippen MR) is 87.3 cm³/mol. The van der Waals surface area contributed by atoms with Gasteiger partial charge in [0.25, 0.3) is 5.69 Å². The zero-order valence-corrected chi connectivity index (χ0v) is 14.0. The number of halogens is 3. The van der Waals surface area contributed by atoms with Crippen molar-refractivity contribution in [2.45, 2.75) is 6.54 Å². The first-order valence-electron chi connectivity index (χ1n) is 5.59. The highest BCUT2D eigenvalue weighted by Gasteiger charge is 2.14. The molecule has 0 aliphatic rings. The molecule has 104 valence electrons. The van der Waals surface area contributed by atoms with E-state index in [0.29, 0.717) is 16.0 Å². The van der Waals surface area contributed by atoms with E-state index in [4.69, 9.17) is 11.6 Å². The average molecular weight is 420 g/mol. The molecular weight excluding hydrogens is 411 g/mol. The second kappa shape index (κ2) is 6.56. The van der Waals surface area contributed by atoms with Crippen molar-refractivity contribution in [3.8, 4) is 0 Å². The van der Waals surface area contributed by atoms with E-state index in [9.17, 15) is 10.1 Å². The van der Waals surface area contributed by atoms with Crippen molar-refractivity contribution in [3.05, 3.63) is 66.0 Å². The zero-order chi connectivity index (χ0) is 14.7. The van der Waals surface area contributed by atoms with E-state index < -0.39 is 4.92 Å². The quantitative estimate of drug-likeness (QED) is 0.533. The molecule has 2 aromatic carbocycles. The van der Waals surface area contributed by atoms with E-state index in [2.05, 4.69) is 37.2 Å². The Morgan fingerprint density at radius 2 is 2.00 bits per heavy atom. The molecule has 0 unspecified atom stereocenters. The van der Waals surface area contributed by atoms with Crippen LogP contribution in [0.3, 0.4) is 0 Å². The Bertz CT molecular complexity index is 665. The Morgan fingerprint density at radius 1 is 1.25 bits per heavy atom. The lowest BCUT2D eigenvalue weighted by Gasteiger charge is -2.09. The third kappa shape index (κ3) is 3.50. The van der Waals surface area contributed by atoms with Crippen LogP contribution in [0.2, 0.25) is 5.02 Å². The maximum absolute atomic E-state index is 10.9. The Kier molecular flexibility index (Phi) is 5.01. The fraction of sp³-hybridized carbons (Fsp3) is 0.0769. The summed E-state index contributed by atoms with van der Waals surface area (Å²) >= 11 is 12.6.